The van der Waals surface area contributed by atoms with Crippen LogP contribution in [0, 0.1) is 0 Å². The molecule has 108 valence electrons. The maximum absolute atomic E-state index is 12.8. The number of nitrogens with zero attached hydrogens (tertiary/aromatic N) is 3. The van der Waals surface area contributed by atoms with Gasteiger partial charge in [0.2, 0.25) is 5.95 Å². The Labute approximate surface area is 111 Å². The van der Waals surface area contributed by atoms with Gasteiger partial charge in [0, 0.05) is 26.2 Å². The zero-order valence-corrected chi connectivity index (χ0v) is 11.5. The number of alkyl halides is 3. The second kappa shape index (κ2) is 6.08. The second-order valence-electron chi connectivity index (χ2n) is 4.26. The molecule has 7 heteroatoms. The Balaban J connectivity index is 3.20. The van der Waals surface area contributed by atoms with Crippen LogP contribution in [-0.4, -0.2) is 30.1 Å². The Morgan fingerprint density at radius 1 is 1.26 bits per heavy atom. The molecule has 4 nitrogen and oxygen atoms in total. The van der Waals surface area contributed by atoms with Gasteiger partial charge in [-0.25, -0.2) is 4.98 Å². The van der Waals surface area contributed by atoms with Crippen LogP contribution in [0.4, 0.5) is 24.9 Å². The van der Waals surface area contributed by atoms with Crippen molar-refractivity contribution in [1.82, 2.24) is 9.97 Å². The fourth-order valence-corrected chi connectivity index (χ4v) is 1.90. The van der Waals surface area contributed by atoms with Crippen molar-refractivity contribution >= 4 is 11.8 Å². The van der Waals surface area contributed by atoms with E-state index in [4.69, 9.17) is 0 Å². The van der Waals surface area contributed by atoms with Gasteiger partial charge < -0.3 is 10.2 Å². The van der Waals surface area contributed by atoms with E-state index in [1.54, 1.807) is 11.9 Å². The fourth-order valence-electron chi connectivity index (χ4n) is 1.90. The van der Waals surface area contributed by atoms with Crippen LogP contribution in [0.1, 0.15) is 32.4 Å². The first-order valence-electron chi connectivity index (χ1n) is 6.20. The second-order valence-corrected chi connectivity index (χ2v) is 4.26. The molecule has 0 radical (unpaired) electrons. The molecule has 1 rings (SSSR count). The Morgan fingerprint density at radius 3 is 2.26 bits per heavy atom. The summed E-state index contributed by atoms with van der Waals surface area (Å²) < 4.78 is 38.3. The number of anilines is 2. The highest BCUT2D eigenvalue weighted by Crippen LogP contribution is 2.31. The third-order valence-corrected chi connectivity index (χ3v) is 3.08. The van der Waals surface area contributed by atoms with Gasteiger partial charge in [-0.3, -0.25) is 0 Å². The molecule has 1 aromatic heterocycles. The van der Waals surface area contributed by atoms with Crippen molar-refractivity contribution in [2.45, 2.75) is 38.9 Å². The molecule has 0 saturated heterocycles. The van der Waals surface area contributed by atoms with Gasteiger partial charge in [-0.15, -0.1) is 0 Å². The lowest BCUT2D eigenvalue weighted by Crippen LogP contribution is -2.31. The minimum Gasteiger partial charge on any atom is -0.357 e. The van der Waals surface area contributed by atoms with Crippen molar-refractivity contribution < 1.29 is 13.2 Å². The van der Waals surface area contributed by atoms with E-state index >= 15 is 0 Å². The summed E-state index contributed by atoms with van der Waals surface area (Å²) in [6.45, 7) is 3.99. The first-order chi connectivity index (χ1) is 8.83. The van der Waals surface area contributed by atoms with Crippen LogP contribution < -0.4 is 10.2 Å². The molecule has 0 aromatic carbocycles. The van der Waals surface area contributed by atoms with Crippen molar-refractivity contribution in [3.8, 4) is 0 Å². The van der Waals surface area contributed by atoms with E-state index in [-0.39, 0.29) is 17.8 Å². The maximum atomic E-state index is 12.8. The summed E-state index contributed by atoms with van der Waals surface area (Å²) in [6, 6.07) is 1.14. The molecule has 1 aromatic rings. The molecular weight excluding hydrogens is 257 g/mol. The Bertz CT molecular complexity index is 416. The first kappa shape index (κ1) is 15.5. The van der Waals surface area contributed by atoms with Crippen LogP contribution in [0.2, 0.25) is 0 Å². The molecule has 0 unspecified atom stereocenters. The molecular formula is C12H19F3N4. The summed E-state index contributed by atoms with van der Waals surface area (Å²) in [5.41, 5.74) is -0.931. The Kier molecular flexibility index (Phi) is 4.97. The SMILES string of the molecule is CCC(CC)N(C)c1cc(C(F)(F)F)nc(NC)n1. The molecule has 0 aliphatic carbocycles. The van der Waals surface area contributed by atoms with Crippen LogP contribution in [0.3, 0.4) is 0 Å². The van der Waals surface area contributed by atoms with Crippen molar-refractivity contribution in [2.24, 2.45) is 0 Å². The molecule has 0 aliphatic heterocycles. The summed E-state index contributed by atoms with van der Waals surface area (Å²) in [4.78, 5) is 9.29. The molecule has 0 bridgehead atoms. The molecule has 0 amide bonds. The number of halogens is 3. The van der Waals surface area contributed by atoms with Crippen LogP contribution in [-0.2, 0) is 6.18 Å². The monoisotopic (exact) mass is 276 g/mol. The van der Waals surface area contributed by atoms with Gasteiger partial charge >= 0.3 is 6.18 Å². The smallest absolute Gasteiger partial charge is 0.357 e. The molecule has 0 spiro atoms. The topological polar surface area (TPSA) is 41.1 Å². The lowest BCUT2D eigenvalue weighted by Gasteiger charge is -2.28. The molecule has 0 fully saturated rings. The highest BCUT2D eigenvalue weighted by atomic mass is 19.4. The van der Waals surface area contributed by atoms with Crippen molar-refractivity contribution in [3.05, 3.63) is 11.8 Å². The standard InChI is InChI=1S/C12H19F3N4/c1-5-8(6-2)19(4)10-7-9(12(13,14)15)17-11(16-3)18-10/h7-8H,5-6H2,1-4H3,(H,16,17,18). The van der Waals surface area contributed by atoms with E-state index in [0.29, 0.717) is 0 Å². The van der Waals surface area contributed by atoms with E-state index < -0.39 is 11.9 Å². The fraction of sp³-hybridized carbons (Fsp3) is 0.667. The van der Waals surface area contributed by atoms with Crippen LogP contribution >= 0.6 is 0 Å². The number of hydrogen-bond donors (Lipinski definition) is 1. The summed E-state index contributed by atoms with van der Waals surface area (Å²) >= 11 is 0. The molecule has 1 heterocycles. The Hall–Kier alpha value is -1.53. The normalized spacial score (nSPS) is 11.8. The molecule has 0 aliphatic rings. The number of rotatable bonds is 5. The van der Waals surface area contributed by atoms with E-state index in [1.165, 1.54) is 7.05 Å². The van der Waals surface area contributed by atoms with E-state index in [2.05, 4.69) is 15.3 Å². The number of nitrogens with one attached hydrogen (secondary N) is 1. The summed E-state index contributed by atoms with van der Waals surface area (Å²) in [6.07, 6.45) is -2.79. The van der Waals surface area contributed by atoms with Gasteiger partial charge in [-0.2, -0.15) is 18.2 Å². The van der Waals surface area contributed by atoms with Crippen molar-refractivity contribution in [2.75, 3.05) is 24.3 Å². The van der Waals surface area contributed by atoms with Gasteiger partial charge in [-0.05, 0) is 12.8 Å². The van der Waals surface area contributed by atoms with Gasteiger partial charge in [0.15, 0.2) is 5.69 Å². The van der Waals surface area contributed by atoms with E-state index in [9.17, 15) is 13.2 Å². The molecule has 1 N–H and O–H groups in total. The average molecular weight is 276 g/mol. The quantitative estimate of drug-likeness (QED) is 0.897. The van der Waals surface area contributed by atoms with Gasteiger partial charge in [0.25, 0.3) is 0 Å². The van der Waals surface area contributed by atoms with Gasteiger partial charge in [0.1, 0.15) is 5.82 Å². The van der Waals surface area contributed by atoms with Gasteiger partial charge in [-0.1, -0.05) is 13.8 Å². The minimum atomic E-state index is -4.47. The van der Waals surface area contributed by atoms with Crippen LogP contribution in [0.5, 0.6) is 0 Å². The molecule has 0 saturated carbocycles. The zero-order valence-electron chi connectivity index (χ0n) is 11.5. The average Bonchev–Trinajstić information content (AvgIpc) is 2.38. The van der Waals surface area contributed by atoms with Crippen LogP contribution in [0.25, 0.3) is 0 Å². The van der Waals surface area contributed by atoms with Crippen LogP contribution in [0.15, 0.2) is 6.07 Å². The summed E-state index contributed by atoms with van der Waals surface area (Å²) in [7, 11) is 3.25. The number of hydrogen-bond acceptors (Lipinski definition) is 4. The largest absolute Gasteiger partial charge is 0.433 e. The molecule has 19 heavy (non-hydrogen) atoms. The first-order valence-corrected chi connectivity index (χ1v) is 6.20. The predicted molar refractivity (Wildman–Crippen MR) is 69.4 cm³/mol. The predicted octanol–water partition coefficient (Wildman–Crippen LogP) is 3.16. The maximum Gasteiger partial charge on any atom is 0.433 e. The van der Waals surface area contributed by atoms with Crippen molar-refractivity contribution in [3.63, 3.8) is 0 Å². The summed E-state index contributed by atoms with van der Waals surface area (Å²) in [5, 5.41) is 2.56. The lowest BCUT2D eigenvalue weighted by molar-refractivity contribution is -0.141. The molecule has 0 atom stereocenters. The van der Waals surface area contributed by atoms with Gasteiger partial charge in [0.05, 0.1) is 0 Å². The summed E-state index contributed by atoms with van der Waals surface area (Å²) in [5.74, 6) is 0.253. The highest BCUT2D eigenvalue weighted by molar-refractivity contribution is 5.45. The minimum absolute atomic E-state index is 0.0253. The highest BCUT2D eigenvalue weighted by Gasteiger charge is 2.34. The third kappa shape index (κ3) is 3.71. The van der Waals surface area contributed by atoms with E-state index in [0.717, 1.165) is 18.9 Å². The zero-order chi connectivity index (χ0) is 14.6. The Morgan fingerprint density at radius 2 is 1.84 bits per heavy atom. The van der Waals surface area contributed by atoms with Crippen molar-refractivity contribution in [1.29, 1.82) is 0 Å². The number of aromatic nitrogens is 2. The third-order valence-electron chi connectivity index (χ3n) is 3.08. The lowest BCUT2D eigenvalue weighted by atomic mass is 10.1. The van der Waals surface area contributed by atoms with E-state index in [1.807, 2.05) is 13.8 Å².